The first-order valence-corrected chi connectivity index (χ1v) is 9.61. The predicted molar refractivity (Wildman–Crippen MR) is 107 cm³/mol. The van der Waals surface area contributed by atoms with E-state index >= 15 is 0 Å². The Balaban J connectivity index is 1.75. The van der Waals surface area contributed by atoms with Crippen LogP contribution in [0.2, 0.25) is 0 Å². The third kappa shape index (κ3) is 6.91. The van der Waals surface area contributed by atoms with Crippen LogP contribution in [0.25, 0.3) is 0 Å². The van der Waals surface area contributed by atoms with Crippen molar-refractivity contribution in [3.05, 3.63) is 65.2 Å². The minimum absolute atomic E-state index is 0.0676. The monoisotopic (exact) mass is 339 g/mol. The molecule has 0 bridgehead atoms. The summed E-state index contributed by atoms with van der Waals surface area (Å²) < 4.78 is 5.88. The van der Waals surface area contributed by atoms with E-state index in [1.54, 1.807) is 0 Å². The summed E-state index contributed by atoms with van der Waals surface area (Å²) in [5.41, 5.74) is 10.2. The second-order valence-electron chi connectivity index (χ2n) is 7.32. The zero-order chi connectivity index (χ0) is 18.1. The molecular formula is C23H33NO. The molecule has 0 aliphatic carbocycles. The van der Waals surface area contributed by atoms with Crippen molar-refractivity contribution >= 4 is 0 Å². The first-order chi connectivity index (χ1) is 12.0. The highest BCUT2D eigenvalue weighted by atomic mass is 16.5. The second-order valence-corrected chi connectivity index (χ2v) is 7.32. The van der Waals surface area contributed by atoms with Crippen LogP contribution < -0.4 is 10.5 Å². The van der Waals surface area contributed by atoms with Crippen molar-refractivity contribution < 1.29 is 4.74 Å². The van der Waals surface area contributed by atoms with Gasteiger partial charge in [-0.3, -0.25) is 0 Å². The molecule has 0 fully saturated rings. The van der Waals surface area contributed by atoms with Crippen LogP contribution in [-0.2, 0) is 19.3 Å². The average molecular weight is 340 g/mol. The van der Waals surface area contributed by atoms with Gasteiger partial charge >= 0.3 is 0 Å². The fourth-order valence-corrected chi connectivity index (χ4v) is 2.81. The molecule has 0 aliphatic heterocycles. The van der Waals surface area contributed by atoms with Gasteiger partial charge in [0, 0.05) is 12.0 Å². The minimum atomic E-state index is -0.0676. The molecule has 2 heteroatoms. The molecule has 0 amide bonds. The van der Waals surface area contributed by atoms with E-state index in [-0.39, 0.29) is 5.54 Å². The molecule has 0 saturated carbocycles. The smallest absolute Gasteiger partial charge is 0.119 e. The zero-order valence-electron chi connectivity index (χ0n) is 16.1. The molecule has 2 nitrogen and oxygen atoms in total. The maximum Gasteiger partial charge on any atom is 0.119 e. The van der Waals surface area contributed by atoms with Crippen LogP contribution in [0.15, 0.2) is 48.5 Å². The third-order valence-corrected chi connectivity index (χ3v) is 4.94. The highest BCUT2D eigenvalue weighted by Crippen LogP contribution is 2.18. The molecule has 136 valence electrons. The van der Waals surface area contributed by atoms with Gasteiger partial charge in [0.25, 0.3) is 0 Å². The van der Waals surface area contributed by atoms with Crippen molar-refractivity contribution in [1.82, 2.24) is 0 Å². The van der Waals surface area contributed by atoms with Crippen molar-refractivity contribution in [3.8, 4) is 5.75 Å². The Morgan fingerprint density at radius 2 is 1.32 bits per heavy atom. The van der Waals surface area contributed by atoms with Gasteiger partial charge < -0.3 is 10.5 Å². The second kappa shape index (κ2) is 9.62. The van der Waals surface area contributed by atoms with Crippen molar-refractivity contribution in [2.45, 2.75) is 64.8 Å². The van der Waals surface area contributed by atoms with Gasteiger partial charge in [0.2, 0.25) is 0 Å². The Morgan fingerprint density at radius 1 is 0.800 bits per heavy atom. The zero-order valence-corrected chi connectivity index (χ0v) is 16.1. The Labute approximate surface area is 153 Å². The predicted octanol–water partition coefficient (Wildman–Crippen LogP) is 5.32. The Kier molecular flexibility index (Phi) is 7.52. The summed E-state index contributed by atoms with van der Waals surface area (Å²) in [5, 5.41) is 0. The fourth-order valence-electron chi connectivity index (χ4n) is 2.81. The summed E-state index contributed by atoms with van der Waals surface area (Å²) in [6.07, 6.45) is 6.33. The third-order valence-electron chi connectivity index (χ3n) is 4.94. The molecule has 2 N–H and O–H groups in total. The molecule has 1 unspecified atom stereocenters. The van der Waals surface area contributed by atoms with Crippen molar-refractivity contribution in [3.63, 3.8) is 0 Å². The molecule has 2 aromatic rings. The van der Waals surface area contributed by atoms with E-state index in [0.717, 1.165) is 37.9 Å². The molecule has 0 spiro atoms. The molecule has 0 aliphatic rings. The lowest BCUT2D eigenvalue weighted by Crippen LogP contribution is -2.35. The Hall–Kier alpha value is -1.80. The summed E-state index contributed by atoms with van der Waals surface area (Å²) in [6, 6.07) is 17.3. The maximum absolute atomic E-state index is 6.22. The summed E-state index contributed by atoms with van der Waals surface area (Å²) in [6.45, 7) is 7.20. The average Bonchev–Trinajstić information content (AvgIpc) is 2.63. The van der Waals surface area contributed by atoms with Gasteiger partial charge in [-0.05, 0) is 61.4 Å². The molecule has 0 saturated heterocycles. The van der Waals surface area contributed by atoms with E-state index in [0.29, 0.717) is 6.61 Å². The van der Waals surface area contributed by atoms with Crippen LogP contribution in [-0.4, -0.2) is 12.1 Å². The van der Waals surface area contributed by atoms with E-state index in [2.05, 4.69) is 69.3 Å². The molecule has 25 heavy (non-hydrogen) atoms. The molecular weight excluding hydrogens is 306 g/mol. The van der Waals surface area contributed by atoms with Crippen molar-refractivity contribution in [2.75, 3.05) is 6.61 Å². The van der Waals surface area contributed by atoms with E-state index in [9.17, 15) is 0 Å². The first-order valence-electron chi connectivity index (χ1n) is 9.61. The molecule has 0 radical (unpaired) electrons. The lowest BCUT2D eigenvalue weighted by atomic mass is 9.92. The highest BCUT2D eigenvalue weighted by Gasteiger charge is 2.14. The van der Waals surface area contributed by atoms with Gasteiger partial charge in [0.15, 0.2) is 0 Å². The number of ether oxygens (including phenoxy) is 1. The number of nitrogens with two attached hydrogens (primary N) is 1. The van der Waals surface area contributed by atoms with Gasteiger partial charge in [0.05, 0.1) is 6.61 Å². The highest BCUT2D eigenvalue weighted by molar-refractivity contribution is 5.28. The molecule has 2 rings (SSSR count). The number of rotatable bonds is 10. The summed E-state index contributed by atoms with van der Waals surface area (Å²) in [7, 11) is 0. The standard InChI is InChI=1S/C23H33NO/c1-4-6-19-7-9-21(10-8-19)16-18-25-22-13-11-20(12-14-22)15-17-23(3,24)5-2/h7-14H,4-6,15-18,24H2,1-3H3. The summed E-state index contributed by atoms with van der Waals surface area (Å²) in [5.74, 6) is 0.942. The van der Waals surface area contributed by atoms with Crippen LogP contribution in [0.3, 0.4) is 0 Å². The minimum Gasteiger partial charge on any atom is -0.493 e. The van der Waals surface area contributed by atoms with E-state index in [4.69, 9.17) is 10.5 Å². The van der Waals surface area contributed by atoms with E-state index < -0.39 is 0 Å². The Morgan fingerprint density at radius 3 is 1.88 bits per heavy atom. The van der Waals surface area contributed by atoms with Crippen molar-refractivity contribution in [1.29, 1.82) is 0 Å². The quantitative estimate of drug-likeness (QED) is 0.636. The molecule has 1 atom stereocenters. The van der Waals surface area contributed by atoms with Gasteiger partial charge in [0.1, 0.15) is 5.75 Å². The van der Waals surface area contributed by atoms with E-state index in [1.165, 1.54) is 23.1 Å². The van der Waals surface area contributed by atoms with Gasteiger partial charge in [-0.15, -0.1) is 0 Å². The van der Waals surface area contributed by atoms with Crippen molar-refractivity contribution in [2.24, 2.45) is 5.73 Å². The van der Waals surface area contributed by atoms with E-state index in [1.807, 2.05) is 0 Å². The van der Waals surface area contributed by atoms with Crippen LogP contribution in [0.5, 0.6) is 5.75 Å². The maximum atomic E-state index is 6.22. The van der Waals surface area contributed by atoms with Crippen LogP contribution in [0, 0.1) is 0 Å². The normalized spacial score (nSPS) is 13.4. The fraction of sp³-hybridized carbons (Fsp3) is 0.478. The number of aryl methyl sites for hydroxylation is 2. The van der Waals surface area contributed by atoms with Crippen LogP contribution >= 0.6 is 0 Å². The molecule has 0 heterocycles. The molecule has 0 aromatic heterocycles. The first kappa shape index (κ1) is 19.5. The Bertz CT molecular complexity index is 614. The van der Waals surface area contributed by atoms with Gasteiger partial charge in [-0.2, -0.15) is 0 Å². The van der Waals surface area contributed by atoms with Gasteiger partial charge in [-0.25, -0.2) is 0 Å². The lowest BCUT2D eigenvalue weighted by Gasteiger charge is -2.22. The largest absolute Gasteiger partial charge is 0.493 e. The molecule has 2 aromatic carbocycles. The number of hydrogen-bond acceptors (Lipinski definition) is 2. The SMILES string of the molecule is CCCc1ccc(CCOc2ccc(CCC(C)(N)CC)cc2)cc1. The lowest BCUT2D eigenvalue weighted by molar-refractivity contribution is 0.322. The number of hydrogen-bond donors (Lipinski definition) is 1. The summed E-state index contributed by atoms with van der Waals surface area (Å²) >= 11 is 0. The van der Waals surface area contributed by atoms with Crippen LogP contribution in [0.4, 0.5) is 0 Å². The number of benzene rings is 2. The topological polar surface area (TPSA) is 35.2 Å². The summed E-state index contributed by atoms with van der Waals surface area (Å²) in [4.78, 5) is 0. The van der Waals surface area contributed by atoms with Gasteiger partial charge in [-0.1, -0.05) is 56.7 Å². The van der Waals surface area contributed by atoms with Crippen LogP contribution in [0.1, 0.15) is 56.7 Å².